The fraction of sp³-hybridized carbons (Fsp3) is 0.333. The van der Waals surface area contributed by atoms with E-state index in [-0.39, 0.29) is 23.6 Å². The lowest BCUT2D eigenvalue weighted by Crippen LogP contribution is -2.26. The fourth-order valence-electron chi connectivity index (χ4n) is 2.97. The maximum absolute atomic E-state index is 12.6. The summed E-state index contributed by atoms with van der Waals surface area (Å²) in [7, 11) is 3.27. The van der Waals surface area contributed by atoms with Crippen LogP contribution in [0.5, 0.6) is 0 Å². The first kappa shape index (κ1) is 17.8. The molecule has 1 fully saturated rings. The molecule has 3 heterocycles. The predicted molar refractivity (Wildman–Crippen MR) is 103 cm³/mol. The summed E-state index contributed by atoms with van der Waals surface area (Å²) in [5.74, 6) is 1.15. The molecule has 0 saturated heterocycles. The van der Waals surface area contributed by atoms with E-state index in [4.69, 9.17) is 4.42 Å². The minimum Gasteiger partial charge on any atom is -0.457 e. The molecule has 4 N–H and O–H groups in total. The number of anilines is 3. The monoisotopic (exact) mass is 383 g/mol. The van der Waals surface area contributed by atoms with Gasteiger partial charge in [0.15, 0.2) is 5.65 Å². The second-order valence-corrected chi connectivity index (χ2v) is 6.73. The molecule has 0 aliphatic heterocycles. The van der Waals surface area contributed by atoms with Gasteiger partial charge in [-0.3, -0.25) is 9.59 Å². The summed E-state index contributed by atoms with van der Waals surface area (Å²) in [6.45, 7) is 2.09. The predicted octanol–water partition coefficient (Wildman–Crippen LogP) is 1.61. The van der Waals surface area contributed by atoms with E-state index in [1.54, 1.807) is 23.7 Å². The maximum atomic E-state index is 12.6. The molecule has 0 bridgehead atoms. The van der Waals surface area contributed by atoms with Crippen molar-refractivity contribution in [3.05, 3.63) is 35.9 Å². The van der Waals surface area contributed by atoms with Gasteiger partial charge in [-0.2, -0.15) is 9.61 Å². The zero-order chi connectivity index (χ0) is 19.8. The zero-order valence-corrected chi connectivity index (χ0v) is 15.7. The van der Waals surface area contributed by atoms with Crippen LogP contribution >= 0.6 is 0 Å². The molecule has 3 aromatic rings. The summed E-state index contributed by atoms with van der Waals surface area (Å²) in [4.78, 5) is 29.1. The second kappa shape index (κ2) is 6.87. The van der Waals surface area contributed by atoms with Gasteiger partial charge in [0.1, 0.15) is 17.2 Å². The Kier molecular flexibility index (Phi) is 4.38. The number of hydrogen-bond acceptors (Lipinski definition) is 7. The van der Waals surface area contributed by atoms with E-state index in [1.807, 2.05) is 0 Å². The number of fused-ring (bicyclic) bond motifs is 1. The van der Waals surface area contributed by atoms with Crippen molar-refractivity contribution in [1.29, 1.82) is 0 Å². The molecule has 2 atom stereocenters. The largest absolute Gasteiger partial charge is 0.457 e. The molecule has 1 saturated carbocycles. The first-order valence-corrected chi connectivity index (χ1v) is 8.95. The topological polar surface area (TPSA) is 126 Å². The number of carbonyl (C=O) groups is 2. The lowest BCUT2D eigenvalue weighted by molar-refractivity contribution is 0.0933. The van der Waals surface area contributed by atoms with Gasteiger partial charge in [0.2, 0.25) is 5.76 Å². The third-order valence-corrected chi connectivity index (χ3v) is 4.76. The van der Waals surface area contributed by atoms with Crippen molar-refractivity contribution in [1.82, 2.24) is 25.2 Å². The Morgan fingerprint density at radius 3 is 2.75 bits per heavy atom. The van der Waals surface area contributed by atoms with Crippen LogP contribution in [-0.4, -0.2) is 46.5 Å². The Balaban J connectivity index is 1.69. The Morgan fingerprint density at radius 1 is 1.29 bits per heavy atom. The Morgan fingerprint density at radius 2 is 2.07 bits per heavy atom. The summed E-state index contributed by atoms with van der Waals surface area (Å²) in [5, 5.41) is 15.9. The summed E-state index contributed by atoms with van der Waals surface area (Å²) in [6.07, 6.45) is 3.90. The van der Waals surface area contributed by atoms with Crippen LogP contribution in [0.25, 0.3) is 5.65 Å². The van der Waals surface area contributed by atoms with Crippen molar-refractivity contribution in [2.75, 3.05) is 24.7 Å². The number of amides is 2. The van der Waals surface area contributed by atoms with Gasteiger partial charge >= 0.3 is 0 Å². The van der Waals surface area contributed by atoms with Gasteiger partial charge < -0.3 is 25.7 Å². The molecule has 3 aromatic heterocycles. The third kappa shape index (κ3) is 3.13. The molecule has 4 rings (SSSR count). The van der Waals surface area contributed by atoms with E-state index in [9.17, 15) is 9.59 Å². The molecule has 0 unspecified atom stereocenters. The van der Waals surface area contributed by atoms with Gasteiger partial charge in [0, 0.05) is 32.3 Å². The Hall–Kier alpha value is -3.56. The lowest BCUT2D eigenvalue weighted by atomic mass is 10.3. The van der Waals surface area contributed by atoms with Gasteiger partial charge in [-0.1, -0.05) is 6.92 Å². The van der Waals surface area contributed by atoms with E-state index in [0.29, 0.717) is 34.5 Å². The molecular formula is C18H21N7O3. The lowest BCUT2D eigenvalue weighted by Gasteiger charge is -2.10. The van der Waals surface area contributed by atoms with Crippen molar-refractivity contribution in [2.24, 2.45) is 5.92 Å². The van der Waals surface area contributed by atoms with Crippen LogP contribution in [0.15, 0.2) is 29.0 Å². The van der Waals surface area contributed by atoms with Gasteiger partial charge in [0.25, 0.3) is 11.8 Å². The SMILES string of the molecule is CNC(=O)c1occc1Nc1cc(NC)n2ncc(C(=O)N[C@@H]3C[C@@H]3C)c2n1. The van der Waals surface area contributed by atoms with E-state index in [0.717, 1.165) is 6.42 Å². The molecule has 10 nitrogen and oxygen atoms in total. The number of nitrogens with zero attached hydrogens (tertiary/aromatic N) is 3. The average Bonchev–Trinajstić information content (AvgIpc) is 3.08. The highest BCUT2D eigenvalue weighted by Gasteiger charge is 2.34. The number of nitrogens with one attached hydrogen (secondary N) is 4. The summed E-state index contributed by atoms with van der Waals surface area (Å²) >= 11 is 0. The molecule has 0 spiro atoms. The highest BCUT2D eigenvalue weighted by molar-refractivity contribution is 6.00. The minimum atomic E-state index is -0.356. The summed E-state index contributed by atoms with van der Waals surface area (Å²) in [6, 6.07) is 3.56. The molecule has 28 heavy (non-hydrogen) atoms. The van der Waals surface area contributed by atoms with Crippen molar-refractivity contribution in [3.63, 3.8) is 0 Å². The van der Waals surface area contributed by atoms with Crippen LogP contribution in [0.2, 0.25) is 0 Å². The number of hydrogen-bond donors (Lipinski definition) is 4. The molecule has 10 heteroatoms. The molecule has 146 valence electrons. The van der Waals surface area contributed by atoms with Gasteiger partial charge in [-0.05, 0) is 12.3 Å². The standard InChI is InChI=1S/C18H21N7O3/c1-9-6-12(9)23-17(26)10-8-21-25-14(19-2)7-13(24-16(10)25)22-11-4-5-28-15(11)18(27)20-3/h4-5,7-9,12,19H,6H2,1-3H3,(H,20,27)(H,22,24)(H,23,26)/t9-,12+/m0/s1. The van der Waals surface area contributed by atoms with Crippen LogP contribution in [0.1, 0.15) is 34.3 Å². The quantitative estimate of drug-likeness (QED) is 0.509. The zero-order valence-electron chi connectivity index (χ0n) is 15.7. The number of rotatable bonds is 6. The second-order valence-electron chi connectivity index (χ2n) is 6.73. The van der Waals surface area contributed by atoms with Crippen molar-refractivity contribution < 1.29 is 14.0 Å². The van der Waals surface area contributed by atoms with Crippen LogP contribution < -0.4 is 21.3 Å². The molecule has 1 aliphatic rings. The first-order valence-electron chi connectivity index (χ1n) is 8.95. The molecule has 0 aromatic carbocycles. The van der Waals surface area contributed by atoms with Gasteiger partial charge in [-0.15, -0.1) is 0 Å². The highest BCUT2D eigenvalue weighted by atomic mass is 16.3. The van der Waals surface area contributed by atoms with Gasteiger partial charge in [0.05, 0.1) is 18.1 Å². The summed E-state index contributed by atoms with van der Waals surface area (Å²) in [5.41, 5.74) is 1.26. The normalized spacial score (nSPS) is 18.0. The summed E-state index contributed by atoms with van der Waals surface area (Å²) < 4.78 is 6.80. The van der Waals surface area contributed by atoms with E-state index >= 15 is 0 Å². The first-order chi connectivity index (χ1) is 13.5. The van der Waals surface area contributed by atoms with Crippen LogP contribution in [0.3, 0.4) is 0 Å². The van der Waals surface area contributed by atoms with E-state index in [1.165, 1.54) is 19.5 Å². The van der Waals surface area contributed by atoms with Crippen molar-refractivity contribution >= 4 is 34.8 Å². The van der Waals surface area contributed by atoms with Crippen molar-refractivity contribution in [3.8, 4) is 0 Å². The Bertz CT molecular complexity index is 1050. The minimum absolute atomic E-state index is 0.143. The number of furan rings is 1. The third-order valence-electron chi connectivity index (χ3n) is 4.76. The Labute approximate surface area is 160 Å². The highest BCUT2D eigenvalue weighted by Crippen LogP contribution is 2.30. The fourth-order valence-corrected chi connectivity index (χ4v) is 2.97. The van der Waals surface area contributed by atoms with E-state index < -0.39 is 0 Å². The smallest absolute Gasteiger partial charge is 0.288 e. The molecule has 0 radical (unpaired) electrons. The number of carbonyl (C=O) groups excluding carboxylic acids is 2. The molecular weight excluding hydrogens is 362 g/mol. The van der Waals surface area contributed by atoms with Crippen LogP contribution in [0, 0.1) is 5.92 Å². The average molecular weight is 383 g/mol. The van der Waals surface area contributed by atoms with Gasteiger partial charge in [-0.25, -0.2) is 4.98 Å². The molecule has 1 aliphatic carbocycles. The number of aromatic nitrogens is 3. The maximum Gasteiger partial charge on any atom is 0.288 e. The van der Waals surface area contributed by atoms with Crippen LogP contribution in [0.4, 0.5) is 17.3 Å². The van der Waals surface area contributed by atoms with E-state index in [2.05, 4.69) is 38.3 Å². The molecule has 2 amide bonds. The van der Waals surface area contributed by atoms with Crippen molar-refractivity contribution in [2.45, 2.75) is 19.4 Å². The van der Waals surface area contributed by atoms with Crippen LogP contribution in [-0.2, 0) is 0 Å².